The van der Waals surface area contributed by atoms with Crippen LogP contribution in [-0.4, -0.2) is 129 Å². The largest absolute Gasteiger partial charge is 0.480 e. The number of Topliss-reactive ketones (excluding diaryl/α,β-unsaturated/α-hetero) is 1. The van der Waals surface area contributed by atoms with Gasteiger partial charge in [-0.2, -0.15) is 0 Å². The average molecular weight is 733 g/mol. The average Bonchev–Trinajstić information content (AvgIpc) is 3.05. The number of unbranched alkanes of at least 4 members (excludes halogenated alkanes) is 1. The van der Waals surface area contributed by atoms with Crippen molar-refractivity contribution in [2.45, 2.75) is 127 Å². The molecule has 0 fully saturated rings. The van der Waals surface area contributed by atoms with Crippen LogP contribution in [0.4, 0.5) is 0 Å². The van der Waals surface area contributed by atoms with E-state index < -0.39 is 110 Å². The molecule has 20 heteroatoms. The van der Waals surface area contributed by atoms with Gasteiger partial charge in [0.05, 0.1) is 12.1 Å². The smallest absolute Gasteiger partial charge is 0.326 e. The fourth-order valence-corrected chi connectivity index (χ4v) is 4.74. The molecule has 5 amide bonds. The third-order valence-electron chi connectivity index (χ3n) is 7.64. The molecule has 0 aromatic rings. The fourth-order valence-electron chi connectivity index (χ4n) is 4.74. The van der Waals surface area contributed by atoms with Crippen molar-refractivity contribution < 1.29 is 68.7 Å². The van der Waals surface area contributed by atoms with Gasteiger partial charge in [0.15, 0.2) is 6.29 Å². The maximum atomic E-state index is 12.5. The van der Waals surface area contributed by atoms with Crippen LogP contribution in [0.25, 0.3) is 0 Å². The van der Waals surface area contributed by atoms with Gasteiger partial charge in [-0.05, 0) is 52.0 Å². The number of nitrogens with one attached hydrogen (secondary N) is 6. The number of rotatable bonds is 28. The van der Waals surface area contributed by atoms with Gasteiger partial charge in [-0.3, -0.25) is 28.8 Å². The van der Waals surface area contributed by atoms with E-state index in [1.54, 1.807) is 14.0 Å². The van der Waals surface area contributed by atoms with Crippen molar-refractivity contribution in [2.75, 3.05) is 13.6 Å². The summed E-state index contributed by atoms with van der Waals surface area (Å²) < 4.78 is 0. The Morgan fingerprint density at radius 3 is 1.37 bits per heavy atom. The molecule has 0 aliphatic rings. The fraction of sp³-hybridized carbons (Fsp3) is 0.710. The molecule has 0 radical (unpaired) electrons. The Kier molecular flexibility index (Phi) is 23.0. The number of amides is 5. The second-order valence-corrected chi connectivity index (χ2v) is 11.8. The SMILES string of the molecule is CCC(=O)C(CCCCNC(=O)CCC(NC(=O)CCC(NC(=O)CCC(NC(=O)CCC(NC(C)=O)C(=O)O)C(=O)O)C(=O)O)C(O)O)NC. The lowest BCUT2D eigenvalue weighted by Crippen LogP contribution is -2.46. The van der Waals surface area contributed by atoms with E-state index in [4.69, 9.17) is 5.11 Å². The number of carbonyl (C=O) groups excluding carboxylic acids is 6. The lowest BCUT2D eigenvalue weighted by Gasteiger charge is -2.21. The highest BCUT2D eigenvalue weighted by atomic mass is 16.5. The number of aliphatic hydroxyl groups is 2. The van der Waals surface area contributed by atoms with Crippen LogP contribution < -0.4 is 31.9 Å². The van der Waals surface area contributed by atoms with Crippen molar-refractivity contribution in [3.63, 3.8) is 0 Å². The maximum Gasteiger partial charge on any atom is 0.326 e. The second kappa shape index (κ2) is 25.3. The molecule has 290 valence electrons. The molecule has 5 atom stereocenters. The van der Waals surface area contributed by atoms with Crippen molar-refractivity contribution in [3.8, 4) is 0 Å². The third kappa shape index (κ3) is 21.2. The molecule has 0 spiro atoms. The molecule has 0 saturated heterocycles. The summed E-state index contributed by atoms with van der Waals surface area (Å²) in [6.07, 6.45) is -2.75. The van der Waals surface area contributed by atoms with Crippen molar-refractivity contribution in [3.05, 3.63) is 0 Å². The Morgan fingerprint density at radius 2 is 0.980 bits per heavy atom. The molecule has 0 aliphatic heterocycles. The Hall–Kier alpha value is -4.69. The van der Waals surface area contributed by atoms with Crippen molar-refractivity contribution in [1.29, 1.82) is 0 Å². The molecule has 5 unspecified atom stereocenters. The van der Waals surface area contributed by atoms with Gasteiger partial charge in [0.1, 0.15) is 23.9 Å². The molecule has 20 nitrogen and oxygen atoms in total. The second-order valence-electron chi connectivity index (χ2n) is 11.8. The molecule has 0 aromatic carbocycles. The van der Waals surface area contributed by atoms with Gasteiger partial charge >= 0.3 is 17.9 Å². The van der Waals surface area contributed by atoms with Crippen LogP contribution in [0.5, 0.6) is 0 Å². The summed E-state index contributed by atoms with van der Waals surface area (Å²) in [5.41, 5.74) is 0. The van der Waals surface area contributed by atoms with Gasteiger partial charge in [-0.1, -0.05) is 6.92 Å². The van der Waals surface area contributed by atoms with Gasteiger partial charge in [0.25, 0.3) is 0 Å². The van der Waals surface area contributed by atoms with Gasteiger partial charge in [0.2, 0.25) is 29.5 Å². The zero-order valence-electron chi connectivity index (χ0n) is 29.1. The van der Waals surface area contributed by atoms with E-state index in [1.165, 1.54) is 0 Å². The van der Waals surface area contributed by atoms with Crippen molar-refractivity contribution in [2.24, 2.45) is 0 Å². The predicted molar refractivity (Wildman–Crippen MR) is 176 cm³/mol. The number of likely N-dealkylation sites (N-methyl/N-ethyl adjacent to an activating group) is 1. The summed E-state index contributed by atoms with van der Waals surface area (Å²) in [5.74, 6) is -7.96. The van der Waals surface area contributed by atoms with Crippen LogP contribution in [0, 0.1) is 0 Å². The Labute approximate surface area is 294 Å². The number of hydrogen-bond donors (Lipinski definition) is 11. The van der Waals surface area contributed by atoms with E-state index in [-0.39, 0.29) is 31.1 Å². The quantitative estimate of drug-likeness (QED) is 0.0292. The predicted octanol–water partition coefficient (Wildman–Crippen LogP) is -2.52. The van der Waals surface area contributed by atoms with E-state index in [2.05, 4.69) is 31.9 Å². The summed E-state index contributed by atoms with van der Waals surface area (Å²) in [6, 6.07) is -6.07. The lowest BCUT2D eigenvalue weighted by molar-refractivity contribution is -0.144. The van der Waals surface area contributed by atoms with Gasteiger partial charge in [-0.15, -0.1) is 0 Å². The Morgan fingerprint density at radius 1 is 0.549 bits per heavy atom. The highest BCUT2D eigenvalue weighted by molar-refractivity contribution is 5.87. The highest BCUT2D eigenvalue weighted by Crippen LogP contribution is 2.08. The molecular formula is C31H52N6O14. The Bertz CT molecular complexity index is 1210. The number of hydrogen-bond acceptors (Lipinski definition) is 12. The molecule has 0 rings (SSSR count). The number of carboxylic acids is 3. The molecule has 11 N–H and O–H groups in total. The van der Waals surface area contributed by atoms with Crippen LogP contribution in [0.1, 0.15) is 90.9 Å². The molecule has 0 aromatic heterocycles. The first kappa shape index (κ1) is 46.3. The van der Waals surface area contributed by atoms with E-state index in [0.29, 0.717) is 32.2 Å². The minimum Gasteiger partial charge on any atom is -0.480 e. The highest BCUT2D eigenvalue weighted by Gasteiger charge is 2.27. The minimum atomic E-state index is -2.04. The molecule has 0 bridgehead atoms. The van der Waals surface area contributed by atoms with Gasteiger partial charge in [-0.25, -0.2) is 14.4 Å². The Balaban J connectivity index is 4.78. The minimum absolute atomic E-state index is 0.0984. The van der Waals surface area contributed by atoms with E-state index >= 15 is 0 Å². The summed E-state index contributed by atoms with van der Waals surface area (Å²) in [6.45, 7) is 3.19. The first-order valence-electron chi connectivity index (χ1n) is 16.6. The zero-order chi connectivity index (χ0) is 39.1. The monoisotopic (exact) mass is 732 g/mol. The lowest BCUT2D eigenvalue weighted by atomic mass is 10.0. The molecule has 0 saturated carbocycles. The third-order valence-corrected chi connectivity index (χ3v) is 7.64. The van der Waals surface area contributed by atoms with E-state index in [0.717, 1.165) is 6.92 Å². The summed E-state index contributed by atoms with van der Waals surface area (Å²) in [5, 5.41) is 61.7. The van der Waals surface area contributed by atoms with Crippen LogP contribution in [0.3, 0.4) is 0 Å². The van der Waals surface area contributed by atoms with Gasteiger partial charge < -0.3 is 57.4 Å². The van der Waals surface area contributed by atoms with Crippen LogP contribution >= 0.6 is 0 Å². The summed E-state index contributed by atoms with van der Waals surface area (Å²) in [7, 11) is 1.70. The number of aliphatic carboxylic acids is 3. The molecule has 0 aliphatic carbocycles. The van der Waals surface area contributed by atoms with E-state index in [1.807, 2.05) is 0 Å². The summed E-state index contributed by atoms with van der Waals surface area (Å²) >= 11 is 0. The van der Waals surface area contributed by atoms with Crippen molar-refractivity contribution >= 4 is 53.2 Å². The normalized spacial score (nSPS) is 13.8. The van der Waals surface area contributed by atoms with Crippen LogP contribution in [0.2, 0.25) is 0 Å². The molecule has 51 heavy (non-hydrogen) atoms. The van der Waals surface area contributed by atoms with Crippen LogP contribution in [0.15, 0.2) is 0 Å². The molecule has 0 heterocycles. The number of aliphatic hydroxyl groups excluding tert-OH is 1. The first-order chi connectivity index (χ1) is 23.9. The maximum absolute atomic E-state index is 12.5. The zero-order valence-corrected chi connectivity index (χ0v) is 29.1. The summed E-state index contributed by atoms with van der Waals surface area (Å²) in [4.78, 5) is 107. The van der Waals surface area contributed by atoms with Crippen molar-refractivity contribution in [1.82, 2.24) is 31.9 Å². The van der Waals surface area contributed by atoms with Gasteiger partial charge in [0, 0.05) is 45.6 Å². The van der Waals surface area contributed by atoms with Crippen LogP contribution in [-0.2, 0) is 43.2 Å². The number of carboxylic acid groups (broad SMARTS) is 3. The van der Waals surface area contributed by atoms with E-state index in [9.17, 15) is 63.6 Å². The number of ketones is 1. The topological polar surface area (TPSA) is 327 Å². The molecular weight excluding hydrogens is 680 g/mol. The number of carbonyl (C=O) groups is 9. The standard InChI is InChI=1S/C31H52N6O14/c1-4-23(39)18(32-3)7-5-6-16-33-24(40)12-8-20(29(46)47)35-26(42)14-10-22(31(50)51)37-27(43)15-11-21(30(48)49)36-25(41)13-9-19(28(44)45)34-17(2)38/h18-22,29,32,46-47H,4-16H2,1-3H3,(H,33,40)(H,34,38)(H,35,42)(H,36,41)(H,37,43)(H,44,45)(H,48,49)(H,50,51). The first-order valence-corrected chi connectivity index (χ1v) is 16.6.